The lowest BCUT2D eigenvalue weighted by molar-refractivity contribution is 0.0953. The van der Waals surface area contributed by atoms with Crippen LogP contribution in [0.4, 0.5) is 0 Å². The van der Waals surface area contributed by atoms with Crippen LogP contribution in [0.2, 0.25) is 5.02 Å². The smallest absolute Gasteiger partial charge is 0.252 e. The van der Waals surface area contributed by atoms with E-state index in [4.69, 9.17) is 11.6 Å². The Morgan fingerprint density at radius 3 is 3.05 bits per heavy atom. The summed E-state index contributed by atoms with van der Waals surface area (Å²) in [7, 11) is 0. The van der Waals surface area contributed by atoms with Crippen LogP contribution in [0.3, 0.4) is 0 Å². The number of aryl methyl sites for hydroxylation is 2. The molecule has 0 bridgehead atoms. The Labute approximate surface area is 116 Å². The molecule has 0 unspecified atom stereocenters. The van der Waals surface area contributed by atoms with Gasteiger partial charge in [0.15, 0.2) is 0 Å². The highest BCUT2D eigenvalue weighted by molar-refractivity contribution is 6.34. The zero-order chi connectivity index (χ0) is 13.7. The van der Waals surface area contributed by atoms with Crippen molar-refractivity contribution >= 4 is 17.5 Å². The lowest BCUT2D eigenvalue weighted by Crippen LogP contribution is -2.25. The fourth-order valence-corrected chi connectivity index (χ4v) is 1.94. The first kappa shape index (κ1) is 13.5. The number of halogens is 1. The molecule has 2 aromatic rings. The Morgan fingerprint density at radius 2 is 2.32 bits per heavy atom. The van der Waals surface area contributed by atoms with Crippen molar-refractivity contribution < 1.29 is 4.79 Å². The molecule has 1 aromatic carbocycles. The summed E-state index contributed by atoms with van der Waals surface area (Å²) in [6, 6.07) is 5.43. The summed E-state index contributed by atoms with van der Waals surface area (Å²) in [5.74, 6) is 0.675. The van der Waals surface area contributed by atoms with Crippen molar-refractivity contribution in [3.8, 4) is 0 Å². The van der Waals surface area contributed by atoms with Crippen molar-refractivity contribution in [2.45, 2.75) is 19.8 Å². The van der Waals surface area contributed by atoms with Gasteiger partial charge < -0.3 is 5.32 Å². The predicted molar refractivity (Wildman–Crippen MR) is 73.2 cm³/mol. The van der Waals surface area contributed by atoms with Crippen molar-refractivity contribution in [1.29, 1.82) is 0 Å². The van der Waals surface area contributed by atoms with Crippen molar-refractivity contribution in [3.63, 3.8) is 0 Å². The summed E-state index contributed by atoms with van der Waals surface area (Å²) in [5, 5.41) is 9.90. The fourth-order valence-electron chi connectivity index (χ4n) is 1.73. The third-order valence-electron chi connectivity index (χ3n) is 2.78. The van der Waals surface area contributed by atoms with E-state index in [1.165, 1.54) is 6.33 Å². The predicted octanol–water partition coefficient (Wildman–Crippen LogP) is 2.13. The lowest BCUT2D eigenvalue weighted by atomic mass is 10.1. The van der Waals surface area contributed by atoms with E-state index < -0.39 is 0 Å². The normalized spacial score (nSPS) is 10.4. The molecule has 0 radical (unpaired) electrons. The summed E-state index contributed by atoms with van der Waals surface area (Å²) < 4.78 is 0. The van der Waals surface area contributed by atoms with Crippen LogP contribution in [0.5, 0.6) is 0 Å². The molecule has 1 heterocycles. The molecule has 2 rings (SSSR count). The number of hydrogen-bond donors (Lipinski definition) is 2. The number of carbonyl (C=O) groups is 1. The van der Waals surface area contributed by atoms with Gasteiger partial charge in [-0.2, -0.15) is 5.10 Å². The molecule has 0 aliphatic rings. The number of aromatic nitrogens is 3. The molecule has 0 aliphatic carbocycles. The van der Waals surface area contributed by atoms with E-state index >= 15 is 0 Å². The van der Waals surface area contributed by atoms with Crippen LogP contribution >= 0.6 is 11.6 Å². The molecular formula is C13H15ClN4O. The van der Waals surface area contributed by atoms with E-state index in [0.29, 0.717) is 17.1 Å². The van der Waals surface area contributed by atoms with Gasteiger partial charge in [-0.05, 0) is 25.0 Å². The standard InChI is InChI=1S/C13H15ClN4O/c1-9-4-2-5-10(12(9)14)13(19)15-7-3-6-11-16-8-17-18-11/h2,4-5,8H,3,6-7H2,1H3,(H,15,19)(H,16,17,18). The fraction of sp³-hybridized carbons (Fsp3) is 0.308. The van der Waals surface area contributed by atoms with Crippen molar-refractivity contribution in [2.24, 2.45) is 0 Å². The van der Waals surface area contributed by atoms with Gasteiger partial charge in [0.25, 0.3) is 5.91 Å². The van der Waals surface area contributed by atoms with Crippen molar-refractivity contribution in [1.82, 2.24) is 20.5 Å². The Bertz CT molecular complexity index is 554. The topological polar surface area (TPSA) is 70.7 Å². The number of amides is 1. The van der Waals surface area contributed by atoms with E-state index in [0.717, 1.165) is 24.2 Å². The average molecular weight is 279 g/mol. The largest absolute Gasteiger partial charge is 0.352 e. The minimum absolute atomic E-state index is 0.147. The summed E-state index contributed by atoms with van der Waals surface area (Å²) in [5.41, 5.74) is 1.41. The summed E-state index contributed by atoms with van der Waals surface area (Å²) >= 11 is 6.10. The van der Waals surface area contributed by atoms with Crippen LogP contribution in [0, 0.1) is 6.92 Å². The quantitative estimate of drug-likeness (QED) is 0.823. The highest BCUT2D eigenvalue weighted by atomic mass is 35.5. The van der Waals surface area contributed by atoms with E-state index in [1.807, 2.05) is 19.1 Å². The first-order valence-electron chi connectivity index (χ1n) is 6.06. The number of carbonyl (C=O) groups excluding carboxylic acids is 1. The molecule has 1 aromatic heterocycles. The molecule has 5 nitrogen and oxygen atoms in total. The van der Waals surface area contributed by atoms with Crippen LogP contribution < -0.4 is 5.32 Å². The third-order valence-corrected chi connectivity index (χ3v) is 3.28. The van der Waals surface area contributed by atoms with Gasteiger partial charge >= 0.3 is 0 Å². The van der Waals surface area contributed by atoms with Gasteiger partial charge in [0.1, 0.15) is 12.2 Å². The SMILES string of the molecule is Cc1cccc(C(=O)NCCCc2ncn[nH]2)c1Cl. The second-order valence-electron chi connectivity index (χ2n) is 4.23. The zero-order valence-electron chi connectivity index (χ0n) is 10.6. The molecule has 100 valence electrons. The van der Waals surface area contributed by atoms with E-state index in [1.54, 1.807) is 6.07 Å². The number of nitrogens with zero attached hydrogens (tertiary/aromatic N) is 2. The van der Waals surface area contributed by atoms with Gasteiger partial charge in [-0.25, -0.2) is 4.98 Å². The van der Waals surface area contributed by atoms with Crippen molar-refractivity contribution in [2.75, 3.05) is 6.54 Å². The molecule has 0 spiro atoms. The minimum Gasteiger partial charge on any atom is -0.352 e. The molecule has 0 fully saturated rings. The average Bonchev–Trinajstić information content (AvgIpc) is 2.91. The second-order valence-corrected chi connectivity index (χ2v) is 4.61. The summed E-state index contributed by atoms with van der Waals surface area (Å²) in [6.07, 6.45) is 3.02. The van der Waals surface area contributed by atoms with Crippen LogP contribution in [0.1, 0.15) is 28.2 Å². The van der Waals surface area contributed by atoms with Gasteiger partial charge in [-0.1, -0.05) is 23.7 Å². The van der Waals surface area contributed by atoms with Crippen LogP contribution in [0.15, 0.2) is 24.5 Å². The summed E-state index contributed by atoms with van der Waals surface area (Å²) in [6.45, 7) is 2.45. The highest BCUT2D eigenvalue weighted by Gasteiger charge is 2.10. The number of nitrogens with one attached hydrogen (secondary N) is 2. The van der Waals surface area contributed by atoms with E-state index in [2.05, 4.69) is 20.5 Å². The molecule has 0 saturated carbocycles. The third kappa shape index (κ3) is 3.54. The van der Waals surface area contributed by atoms with Crippen LogP contribution in [-0.4, -0.2) is 27.6 Å². The maximum atomic E-state index is 11.9. The number of aromatic amines is 1. The molecule has 19 heavy (non-hydrogen) atoms. The second kappa shape index (κ2) is 6.33. The monoisotopic (exact) mass is 278 g/mol. The Morgan fingerprint density at radius 1 is 1.47 bits per heavy atom. The Kier molecular flexibility index (Phi) is 4.52. The minimum atomic E-state index is -0.147. The van der Waals surface area contributed by atoms with Gasteiger partial charge in [0.05, 0.1) is 10.6 Å². The van der Waals surface area contributed by atoms with Gasteiger partial charge in [-0.15, -0.1) is 0 Å². The van der Waals surface area contributed by atoms with Gasteiger partial charge in [0, 0.05) is 13.0 Å². The molecular weight excluding hydrogens is 264 g/mol. The first-order valence-corrected chi connectivity index (χ1v) is 6.44. The van der Waals surface area contributed by atoms with E-state index in [9.17, 15) is 4.79 Å². The molecule has 0 atom stereocenters. The Hall–Kier alpha value is -1.88. The van der Waals surface area contributed by atoms with E-state index in [-0.39, 0.29) is 5.91 Å². The van der Waals surface area contributed by atoms with Gasteiger partial charge in [0.2, 0.25) is 0 Å². The van der Waals surface area contributed by atoms with Crippen LogP contribution in [-0.2, 0) is 6.42 Å². The molecule has 0 aliphatic heterocycles. The number of rotatable bonds is 5. The number of H-pyrrole nitrogens is 1. The maximum Gasteiger partial charge on any atom is 0.252 e. The van der Waals surface area contributed by atoms with Crippen molar-refractivity contribution in [3.05, 3.63) is 46.5 Å². The zero-order valence-corrected chi connectivity index (χ0v) is 11.4. The highest BCUT2D eigenvalue weighted by Crippen LogP contribution is 2.19. The number of benzene rings is 1. The molecule has 0 saturated heterocycles. The maximum absolute atomic E-state index is 11.9. The summed E-state index contributed by atoms with van der Waals surface area (Å²) in [4.78, 5) is 16.0. The van der Waals surface area contributed by atoms with Crippen LogP contribution in [0.25, 0.3) is 0 Å². The number of hydrogen-bond acceptors (Lipinski definition) is 3. The first-order chi connectivity index (χ1) is 9.18. The van der Waals surface area contributed by atoms with Gasteiger partial charge in [-0.3, -0.25) is 9.89 Å². The lowest BCUT2D eigenvalue weighted by Gasteiger charge is -2.07. The molecule has 2 N–H and O–H groups in total. The Balaban J connectivity index is 1.83. The molecule has 1 amide bonds. The molecule has 6 heteroatoms.